The van der Waals surface area contributed by atoms with Gasteiger partial charge in [0.2, 0.25) is 0 Å². The summed E-state index contributed by atoms with van der Waals surface area (Å²) in [5, 5.41) is 8.91. The van der Waals surface area contributed by atoms with E-state index in [1.807, 2.05) is 55.7 Å². The number of nitrogens with zero attached hydrogens (tertiary/aromatic N) is 4. The van der Waals surface area contributed by atoms with Gasteiger partial charge in [-0.05, 0) is 36.4 Å². The monoisotopic (exact) mass is 365 g/mol. The van der Waals surface area contributed by atoms with E-state index in [0.717, 1.165) is 16.8 Å². The highest BCUT2D eigenvalue weighted by atomic mass is 35.5. The van der Waals surface area contributed by atoms with Crippen molar-refractivity contribution in [3.05, 3.63) is 82.0 Å². The Balaban J connectivity index is 1.84. The van der Waals surface area contributed by atoms with Crippen LogP contribution in [0.25, 0.3) is 16.6 Å². The Kier molecular flexibility index (Phi) is 4.18. The van der Waals surface area contributed by atoms with E-state index in [0.29, 0.717) is 22.9 Å². The lowest BCUT2D eigenvalue weighted by Gasteiger charge is -2.13. The van der Waals surface area contributed by atoms with Crippen LogP contribution >= 0.6 is 11.6 Å². The van der Waals surface area contributed by atoms with Crippen LogP contribution in [0.4, 0.5) is 5.82 Å². The van der Waals surface area contributed by atoms with Gasteiger partial charge in [0, 0.05) is 23.7 Å². The Morgan fingerprint density at radius 2 is 1.92 bits per heavy atom. The van der Waals surface area contributed by atoms with Gasteiger partial charge in [-0.3, -0.25) is 9.25 Å². The summed E-state index contributed by atoms with van der Waals surface area (Å²) in [5.41, 5.74) is 1.94. The Hall–Kier alpha value is -3.12. The smallest absolute Gasteiger partial charge is 0.354 e. The molecule has 2 aromatic carbocycles. The van der Waals surface area contributed by atoms with E-state index in [2.05, 4.69) is 15.4 Å². The molecule has 0 unspecified atom stereocenters. The predicted molar refractivity (Wildman–Crippen MR) is 103 cm³/mol. The zero-order chi connectivity index (χ0) is 18.1. The molecule has 0 saturated carbocycles. The number of para-hydroxylation sites is 1. The molecule has 0 aliphatic heterocycles. The van der Waals surface area contributed by atoms with Crippen LogP contribution in [0.15, 0.2) is 65.6 Å². The molecular weight excluding hydrogens is 350 g/mol. The van der Waals surface area contributed by atoms with Crippen molar-refractivity contribution in [3.63, 3.8) is 0 Å². The van der Waals surface area contributed by atoms with Gasteiger partial charge in [0.15, 0.2) is 0 Å². The van der Waals surface area contributed by atoms with Crippen molar-refractivity contribution >= 4 is 28.3 Å². The van der Waals surface area contributed by atoms with Gasteiger partial charge in [-0.2, -0.15) is 10.1 Å². The minimum absolute atomic E-state index is 0.366. The van der Waals surface area contributed by atoms with Crippen molar-refractivity contribution in [1.82, 2.24) is 19.3 Å². The molecule has 0 fully saturated rings. The molecule has 130 valence electrons. The van der Waals surface area contributed by atoms with Crippen LogP contribution in [0.2, 0.25) is 5.02 Å². The fraction of sp³-hybridized carbons (Fsp3) is 0.105. The average molecular weight is 366 g/mol. The minimum atomic E-state index is -0.366. The zero-order valence-electron chi connectivity index (χ0n) is 14.1. The molecule has 0 aliphatic carbocycles. The number of rotatable bonds is 4. The maximum atomic E-state index is 12.7. The molecule has 0 radical (unpaired) electrons. The quantitative estimate of drug-likeness (QED) is 0.602. The first-order valence-electron chi connectivity index (χ1n) is 8.12. The summed E-state index contributed by atoms with van der Waals surface area (Å²) in [6.07, 6.45) is 1.87. The van der Waals surface area contributed by atoms with Gasteiger partial charge < -0.3 is 5.32 Å². The number of halogens is 1. The van der Waals surface area contributed by atoms with Crippen molar-refractivity contribution in [2.24, 2.45) is 7.05 Å². The number of aromatic nitrogens is 4. The van der Waals surface area contributed by atoms with E-state index in [-0.39, 0.29) is 5.69 Å². The van der Waals surface area contributed by atoms with Crippen molar-refractivity contribution in [1.29, 1.82) is 0 Å². The lowest BCUT2D eigenvalue weighted by molar-refractivity contribution is 0.747. The second-order valence-electron chi connectivity index (χ2n) is 5.91. The largest absolute Gasteiger partial charge is 0.364 e. The minimum Gasteiger partial charge on any atom is -0.364 e. The SMILES string of the molecule is Cn1ccc(CNc2nc(=O)n(-c3ccccc3)c3cc(Cl)ccc23)n1. The second kappa shape index (κ2) is 6.65. The summed E-state index contributed by atoms with van der Waals surface area (Å²) >= 11 is 6.19. The predicted octanol–water partition coefficient (Wildman–Crippen LogP) is 3.38. The molecule has 0 spiro atoms. The van der Waals surface area contributed by atoms with Crippen molar-refractivity contribution in [3.8, 4) is 5.69 Å². The first-order chi connectivity index (χ1) is 12.6. The van der Waals surface area contributed by atoms with E-state index < -0.39 is 0 Å². The number of hydrogen-bond acceptors (Lipinski definition) is 4. The molecule has 2 heterocycles. The van der Waals surface area contributed by atoms with E-state index in [1.54, 1.807) is 21.4 Å². The summed E-state index contributed by atoms with van der Waals surface area (Å²) in [6.45, 7) is 0.473. The van der Waals surface area contributed by atoms with Gasteiger partial charge in [-0.25, -0.2) is 4.79 Å². The van der Waals surface area contributed by atoms with Crippen LogP contribution in [0.3, 0.4) is 0 Å². The third-order valence-electron chi connectivity index (χ3n) is 4.07. The fourth-order valence-corrected chi connectivity index (χ4v) is 3.06. The van der Waals surface area contributed by atoms with Crippen LogP contribution in [0.1, 0.15) is 5.69 Å². The summed E-state index contributed by atoms with van der Waals surface area (Å²) in [4.78, 5) is 17.0. The fourth-order valence-electron chi connectivity index (χ4n) is 2.89. The molecule has 0 amide bonds. The molecule has 0 aliphatic rings. The number of hydrogen-bond donors (Lipinski definition) is 1. The van der Waals surface area contributed by atoms with E-state index in [1.165, 1.54) is 0 Å². The molecule has 0 atom stereocenters. The Morgan fingerprint density at radius 3 is 2.65 bits per heavy atom. The highest BCUT2D eigenvalue weighted by Crippen LogP contribution is 2.25. The molecule has 26 heavy (non-hydrogen) atoms. The van der Waals surface area contributed by atoms with Gasteiger partial charge >= 0.3 is 5.69 Å². The lowest BCUT2D eigenvalue weighted by Crippen LogP contribution is -2.23. The average Bonchev–Trinajstić information content (AvgIpc) is 3.05. The number of anilines is 1. The molecule has 4 aromatic rings. The maximum absolute atomic E-state index is 12.7. The van der Waals surface area contributed by atoms with Gasteiger partial charge in [0.1, 0.15) is 5.82 Å². The number of nitrogens with one attached hydrogen (secondary N) is 1. The Bertz CT molecular complexity index is 1130. The van der Waals surface area contributed by atoms with E-state index in [9.17, 15) is 4.79 Å². The lowest BCUT2D eigenvalue weighted by atomic mass is 10.2. The Labute approximate surface area is 154 Å². The number of benzene rings is 2. The van der Waals surface area contributed by atoms with Crippen LogP contribution in [-0.2, 0) is 13.6 Å². The van der Waals surface area contributed by atoms with Crippen LogP contribution in [0.5, 0.6) is 0 Å². The van der Waals surface area contributed by atoms with Gasteiger partial charge in [0.25, 0.3) is 0 Å². The number of aryl methyl sites for hydroxylation is 1. The van der Waals surface area contributed by atoms with Crippen LogP contribution in [0, 0.1) is 0 Å². The molecular formula is C19H16ClN5O. The zero-order valence-corrected chi connectivity index (χ0v) is 14.8. The normalized spacial score (nSPS) is 11.0. The van der Waals surface area contributed by atoms with Gasteiger partial charge in [-0.1, -0.05) is 29.8 Å². The Morgan fingerprint density at radius 1 is 1.12 bits per heavy atom. The topological polar surface area (TPSA) is 64.7 Å². The van der Waals surface area contributed by atoms with Crippen molar-refractivity contribution < 1.29 is 0 Å². The molecule has 7 heteroatoms. The van der Waals surface area contributed by atoms with Crippen molar-refractivity contribution in [2.45, 2.75) is 6.54 Å². The van der Waals surface area contributed by atoms with Gasteiger partial charge in [-0.15, -0.1) is 0 Å². The summed E-state index contributed by atoms with van der Waals surface area (Å²) in [7, 11) is 1.86. The second-order valence-corrected chi connectivity index (χ2v) is 6.35. The van der Waals surface area contributed by atoms with Gasteiger partial charge in [0.05, 0.1) is 23.4 Å². The number of fused-ring (bicyclic) bond motifs is 1. The van der Waals surface area contributed by atoms with Crippen LogP contribution in [-0.4, -0.2) is 19.3 Å². The van der Waals surface area contributed by atoms with Crippen molar-refractivity contribution in [2.75, 3.05) is 5.32 Å². The third kappa shape index (κ3) is 3.07. The molecule has 2 aromatic heterocycles. The van der Waals surface area contributed by atoms with Crippen LogP contribution < -0.4 is 11.0 Å². The van der Waals surface area contributed by atoms with E-state index >= 15 is 0 Å². The summed E-state index contributed by atoms with van der Waals surface area (Å²) in [5.74, 6) is 0.513. The standard InChI is InChI=1S/C19H16ClN5O/c1-24-10-9-14(23-24)12-21-18-16-8-7-13(20)11-17(16)25(19(26)22-18)15-5-3-2-4-6-15/h2-11H,12H2,1H3,(H,21,22,26). The molecule has 0 bridgehead atoms. The summed E-state index contributed by atoms with van der Waals surface area (Å²) in [6, 6.07) is 16.7. The maximum Gasteiger partial charge on any atom is 0.354 e. The summed E-state index contributed by atoms with van der Waals surface area (Å²) < 4.78 is 3.29. The molecule has 4 rings (SSSR count). The molecule has 1 N–H and O–H groups in total. The first-order valence-corrected chi connectivity index (χ1v) is 8.50. The third-order valence-corrected chi connectivity index (χ3v) is 4.31. The highest BCUT2D eigenvalue weighted by Gasteiger charge is 2.12. The highest BCUT2D eigenvalue weighted by molar-refractivity contribution is 6.31. The molecule has 6 nitrogen and oxygen atoms in total. The first kappa shape index (κ1) is 16.4. The molecule has 0 saturated heterocycles. The van der Waals surface area contributed by atoms with E-state index in [4.69, 9.17) is 11.6 Å².